The van der Waals surface area contributed by atoms with Crippen molar-refractivity contribution in [3.8, 4) is 0 Å². The molecule has 8 nitrogen and oxygen atoms in total. The summed E-state index contributed by atoms with van der Waals surface area (Å²) >= 11 is 0. The monoisotopic (exact) mass is 356 g/mol. The van der Waals surface area contributed by atoms with E-state index in [9.17, 15) is 19.7 Å². The van der Waals surface area contributed by atoms with E-state index in [-0.39, 0.29) is 29.9 Å². The number of rotatable bonds is 5. The normalized spacial score (nSPS) is 13.1. The molecule has 136 valence electrons. The van der Waals surface area contributed by atoms with Crippen LogP contribution >= 0.6 is 0 Å². The summed E-state index contributed by atoms with van der Waals surface area (Å²) in [4.78, 5) is 34.9. The van der Waals surface area contributed by atoms with Crippen LogP contribution in [0.4, 0.5) is 5.69 Å². The van der Waals surface area contributed by atoms with Gasteiger partial charge in [0.25, 0.3) is 17.2 Å². The molecule has 0 saturated carbocycles. The van der Waals surface area contributed by atoms with Crippen molar-refractivity contribution in [2.75, 3.05) is 6.54 Å². The van der Waals surface area contributed by atoms with Crippen LogP contribution in [0.25, 0.3) is 0 Å². The zero-order valence-electron chi connectivity index (χ0n) is 14.5. The number of benzene rings is 1. The number of nitrogens with one attached hydrogen (secondary N) is 1. The molecule has 8 heteroatoms. The Labute approximate surface area is 150 Å². The second-order valence-electron chi connectivity index (χ2n) is 6.35. The number of nitrogens with zero attached hydrogens (tertiary/aromatic N) is 3. The summed E-state index contributed by atoms with van der Waals surface area (Å²) in [6, 6.07) is 6.02. The molecule has 0 aliphatic heterocycles. The van der Waals surface area contributed by atoms with Crippen LogP contribution in [0.3, 0.4) is 0 Å². The Morgan fingerprint density at radius 1 is 1.35 bits per heavy atom. The Morgan fingerprint density at radius 3 is 2.88 bits per heavy atom. The van der Waals surface area contributed by atoms with Crippen molar-refractivity contribution >= 4 is 11.6 Å². The Balaban J connectivity index is 1.67. The van der Waals surface area contributed by atoms with E-state index in [0.717, 1.165) is 36.9 Å². The first-order valence-corrected chi connectivity index (χ1v) is 8.59. The molecular formula is C18H20N4O4. The standard InChI is InChI=1S/C18H20N4O4/c1-12-14(6-4-8-16(12)22(25)26)18(24)19-9-10-21-17(23)11-13-5-2-3-7-15(13)20-21/h4,6,8,11H,2-3,5,7,9-10H2,1H3,(H,19,24). The van der Waals surface area contributed by atoms with Crippen molar-refractivity contribution in [1.29, 1.82) is 0 Å². The Bertz CT molecular complexity index is 920. The zero-order valence-corrected chi connectivity index (χ0v) is 14.5. The first kappa shape index (κ1) is 17.8. The minimum atomic E-state index is -0.511. The van der Waals surface area contributed by atoms with E-state index in [2.05, 4.69) is 10.4 Å². The van der Waals surface area contributed by atoms with Crippen LogP contribution < -0.4 is 10.9 Å². The molecule has 1 aliphatic rings. The van der Waals surface area contributed by atoms with Crippen molar-refractivity contribution in [3.05, 3.63) is 67.1 Å². The number of amides is 1. The van der Waals surface area contributed by atoms with Gasteiger partial charge in [-0.3, -0.25) is 19.7 Å². The molecule has 1 aromatic carbocycles. The predicted octanol–water partition coefficient (Wildman–Crippen LogP) is 1.77. The van der Waals surface area contributed by atoms with Gasteiger partial charge in [0.05, 0.1) is 17.2 Å². The lowest BCUT2D eigenvalue weighted by Gasteiger charge is -2.16. The zero-order chi connectivity index (χ0) is 18.7. The first-order chi connectivity index (χ1) is 12.5. The second kappa shape index (κ2) is 7.47. The highest BCUT2D eigenvalue weighted by molar-refractivity contribution is 5.96. The highest BCUT2D eigenvalue weighted by Crippen LogP contribution is 2.21. The Kier molecular flexibility index (Phi) is 5.11. The molecule has 0 fully saturated rings. The molecule has 0 atom stereocenters. The number of carbonyl (C=O) groups is 1. The van der Waals surface area contributed by atoms with Crippen LogP contribution in [-0.2, 0) is 19.4 Å². The van der Waals surface area contributed by atoms with Crippen molar-refractivity contribution in [1.82, 2.24) is 15.1 Å². The summed E-state index contributed by atoms with van der Waals surface area (Å²) < 4.78 is 1.37. The molecule has 3 rings (SSSR count). The van der Waals surface area contributed by atoms with E-state index in [1.54, 1.807) is 19.1 Å². The third-order valence-electron chi connectivity index (χ3n) is 4.63. The van der Waals surface area contributed by atoms with Gasteiger partial charge in [-0.2, -0.15) is 5.10 Å². The fourth-order valence-corrected chi connectivity index (χ4v) is 3.20. The second-order valence-corrected chi connectivity index (χ2v) is 6.35. The van der Waals surface area contributed by atoms with Gasteiger partial charge >= 0.3 is 0 Å². The molecule has 1 amide bonds. The summed E-state index contributed by atoms with van der Waals surface area (Å²) in [5.74, 6) is -0.405. The van der Waals surface area contributed by atoms with Gasteiger partial charge in [-0.05, 0) is 44.2 Å². The highest BCUT2D eigenvalue weighted by atomic mass is 16.6. The summed E-state index contributed by atoms with van der Waals surface area (Å²) in [6.07, 6.45) is 3.91. The van der Waals surface area contributed by atoms with E-state index in [4.69, 9.17) is 0 Å². The molecule has 1 N–H and O–H groups in total. The molecule has 0 spiro atoms. The van der Waals surface area contributed by atoms with Crippen molar-refractivity contribution in [2.24, 2.45) is 0 Å². The van der Waals surface area contributed by atoms with Crippen LogP contribution in [0.5, 0.6) is 0 Å². The van der Waals surface area contributed by atoms with Crippen molar-refractivity contribution < 1.29 is 9.72 Å². The molecule has 0 bridgehead atoms. The van der Waals surface area contributed by atoms with Crippen LogP contribution in [-0.4, -0.2) is 27.2 Å². The van der Waals surface area contributed by atoms with E-state index in [1.165, 1.54) is 16.8 Å². The maximum Gasteiger partial charge on any atom is 0.273 e. The number of aryl methyl sites for hydroxylation is 2. The number of hydrogen-bond donors (Lipinski definition) is 1. The fourth-order valence-electron chi connectivity index (χ4n) is 3.20. The van der Waals surface area contributed by atoms with Crippen molar-refractivity contribution in [3.63, 3.8) is 0 Å². The molecule has 1 aromatic heterocycles. The van der Waals surface area contributed by atoms with Gasteiger partial charge in [0.2, 0.25) is 0 Å². The van der Waals surface area contributed by atoms with Gasteiger partial charge in [0.1, 0.15) is 0 Å². The van der Waals surface area contributed by atoms with Crippen LogP contribution in [0, 0.1) is 17.0 Å². The molecule has 0 unspecified atom stereocenters. The molecular weight excluding hydrogens is 336 g/mol. The fraction of sp³-hybridized carbons (Fsp3) is 0.389. The minimum absolute atomic E-state index is 0.0924. The molecule has 26 heavy (non-hydrogen) atoms. The molecule has 0 saturated heterocycles. The molecule has 2 aromatic rings. The molecule has 0 radical (unpaired) electrons. The van der Waals surface area contributed by atoms with Gasteiger partial charge in [-0.25, -0.2) is 4.68 Å². The van der Waals surface area contributed by atoms with Gasteiger partial charge in [-0.1, -0.05) is 6.07 Å². The summed E-state index contributed by atoms with van der Waals surface area (Å²) in [7, 11) is 0. The number of aromatic nitrogens is 2. The minimum Gasteiger partial charge on any atom is -0.350 e. The van der Waals surface area contributed by atoms with Gasteiger partial charge in [-0.15, -0.1) is 0 Å². The number of carbonyl (C=O) groups excluding carboxylic acids is 1. The van der Waals surface area contributed by atoms with Gasteiger partial charge < -0.3 is 5.32 Å². The lowest BCUT2D eigenvalue weighted by Crippen LogP contribution is -2.33. The highest BCUT2D eigenvalue weighted by Gasteiger charge is 2.18. The van der Waals surface area contributed by atoms with Gasteiger partial charge in [0.15, 0.2) is 0 Å². The number of fused-ring (bicyclic) bond motifs is 1. The maximum atomic E-state index is 12.3. The number of nitro benzene ring substituents is 1. The number of hydrogen-bond acceptors (Lipinski definition) is 5. The summed E-state index contributed by atoms with van der Waals surface area (Å²) in [5.41, 5.74) is 2.28. The van der Waals surface area contributed by atoms with Crippen LogP contribution in [0.1, 0.15) is 40.0 Å². The van der Waals surface area contributed by atoms with E-state index < -0.39 is 10.8 Å². The van der Waals surface area contributed by atoms with Gasteiger partial charge in [0, 0.05) is 29.8 Å². The average Bonchev–Trinajstić information content (AvgIpc) is 2.62. The van der Waals surface area contributed by atoms with Crippen LogP contribution in [0.15, 0.2) is 29.1 Å². The Hall–Kier alpha value is -3.03. The average molecular weight is 356 g/mol. The SMILES string of the molecule is Cc1c(C(=O)NCCn2nc3c(cc2=O)CCCC3)cccc1[N+](=O)[O-]. The Morgan fingerprint density at radius 2 is 2.12 bits per heavy atom. The number of nitro groups is 1. The summed E-state index contributed by atoms with van der Waals surface area (Å²) in [5, 5.41) is 18.1. The lowest BCUT2D eigenvalue weighted by molar-refractivity contribution is -0.385. The quantitative estimate of drug-likeness (QED) is 0.649. The van der Waals surface area contributed by atoms with Crippen molar-refractivity contribution in [2.45, 2.75) is 39.2 Å². The topological polar surface area (TPSA) is 107 Å². The smallest absolute Gasteiger partial charge is 0.273 e. The van der Waals surface area contributed by atoms with E-state index in [1.807, 2.05) is 0 Å². The third kappa shape index (κ3) is 3.63. The third-order valence-corrected chi connectivity index (χ3v) is 4.63. The summed E-state index contributed by atoms with van der Waals surface area (Å²) in [6.45, 7) is 2.01. The van der Waals surface area contributed by atoms with E-state index >= 15 is 0 Å². The molecule has 1 heterocycles. The lowest BCUT2D eigenvalue weighted by atomic mass is 9.97. The molecule has 1 aliphatic carbocycles. The van der Waals surface area contributed by atoms with E-state index in [0.29, 0.717) is 5.56 Å². The predicted molar refractivity (Wildman–Crippen MR) is 95.3 cm³/mol. The maximum absolute atomic E-state index is 12.3. The van der Waals surface area contributed by atoms with Crippen LogP contribution in [0.2, 0.25) is 0 Å². The first-order valence-electron chi connectivity index (χ1n) is 8.59. The largest absolute Gasteiger partial charge is 0.350 e.